The topological polar surface area (TPSA) is 96.4 Å². The van der Waals surface area contributed by atoms with Crippen LogP contribution in [0.2, 0.25) is 0 Å². The molecule has 2 aromatic rings. The minimum atomic E-state index is -4.04. The Hall–Kier alpha value is -2.65. The number of imide groups is 1. The summed E-state index contributed by atoms with van der Waals surface area (Å²) in [5, 5.41) is 0. The molecule has 1 N–H and O–H groups in total. The first kappa shape index (κ1) is 20.6. The number of halogens is 1. The number of nitrogens with zero attached hydrogens (tertiary/aromatic N) is 2. The van der Waals surface area contributed by atoms with Gasteiger partial charge in [0.2, 0.25) is 10.0 Å². The van der Waals surface area contributed by atoms with E-state index in [0.717, 1.165) is 42.7 Å². The fourth-order valence-corrected chi connectivity index (χ4v) is 5.71. The van der Waals surface area contributed by atoms with Crippen molar-refractivity contribution in [1.82, 2.24) is 14.6 Å². The Morgan fingerprint density at radius 1 is 1.17 bits per heavy atom. The molecule has 0 radical (unpaired) electrons. The quantitative estimate of drug-likeness (QED) is 0.735. The molecule has 0 unspecified atom stereocenters. The highest BCUT2D eigenvalue weighted by atomic mass is 32.2. The highest BCUT2D eigenvalue weighted by molar-refractivity contribution is 7.89. The van der Waals surface area contributed by atoms with Crippen molar-refractivity contribution in [2.24, 2.45) is 5.92 Å². The molecule has 1 aliphatic heterocycles. The van der Waals surface area contributed by atoms with Crippen LogP contribution in [0.3, 0.4) is 0 Å². The molecular formula is C21H22FN3O4S. The number of fused-ring (bicyclic) bond motifs is 1. The van der Waals surface area contributed by atoms with E-state index in [0.29, 0.717) is 0 Å². The largest absolute Gasteiger partial charge is 0.280 e. The van der Waals surface area contributed by atoms with Gasteiger partial charge in [0, 0.05) is 12.2 Å². The second-order valence-electron chi connectivity index (χ2n) is 7.84. The van der Waals surface area contributed by atoms with Crippen molar-refractivity contribution in [3.05, 3.63) is 59.2 Å². The number of hydrogen-bond donors (Lipinski definition) is 1. The maximum atomic E-state index is 14.0. The van der Waals surface area contributed by atoms with Gasteiger partial charge in [0.1, 0.15) is 11.5 Å². The minimum Gasteiger partial charge on any atom is -0.268 e. The summed E-state index contributed by atoms with van der Waals surface area (Å²) >= 11 is 0. The molecule has 2 heterocycles. The van der Waals surface area contributed by atoms with Crippen LogP contribution in [0.25, 0.3) is 0 Å². The molecule has 1 saturated carbocycles. The maximum absolute atomic E-state index is 14.0. The molecule has 0 saturated heterocycles. The highest BCUT2D eigenvalue weighted by Crippen LogP contribution is 2.28. The minimum absolute atomic E-state index is 0.0307. The van der Waals surface area contributed by atoms with Gasteiger partial charge in [-0.05, 0) is 48.6 Å². The van der Waals surface area contributed by atoms with Crippen LogP contribution < -0.4 is 4.72 Å². The molecule has 2 aliphatic rings. The fourth-order valence-electron chi connectivity index (χ4n) is 4.09. The van der Waals surface area contributed by atoms with Gasteiger partial charge in [-0.1, -0.05) is 25.8 Å². The van der Waals surface area contributed by atoms with Crippen molar-refractivity contribution in [1.29, 1.82) is 0 Å². The molecular weight excluding hydrogens is 409 g/mol. The molecule has 7 nitrogen and oxygen atoms in total. The van der Waals surface area contributed by atoms with Crippen LogP contribution in [-0.4, -0.2) is 36.2 Å². The lowest BCUT2D eigenvalue weighted by Gasteiger charge is -2.29. The number of carbonyl (C=O) groups excluding carboxylic acids is 2. The molecule has 158 valence electrons. The zero-order valence-electron chi connectivity index (χ0n) is 16.5. The normalized spacial score (nSPS) is 21.7. The van der Waals surface area contributed by atoms with Crippen LogP contribution in [0, 0.1) is 11.7 Å². The van der Waals surface area contributed by atoms with Crippen LogP contribution in [0.15, 0.2) is 41.4 Å². The van der Waals surface area contributed by atoms with E-state index in [-0.39, 0.29) is 40.2 Å². The summed E-state index contributed by atoms with van der Waals surface area (Å²) in [6.45, 7) is 1.70. The zero-order valence-corrected chi connectivity index (χ0v) is 17.3. The summed E-state index contributed by atoms with van der Waals surface area (Å²) in [6, 6.07) is 6.16. The van der Waals surface area contributed by atoms with Crippen molar-refractivity contribution in [2.75, 3.05) is 0 Å². The van der Waals surface area contributed by atoms with Gasteiger partial charge in [-0.2, -0.15) is 0 Å². The van der Waals surface area contributed by atoms with Crippen LogP contribution in [0.4, 0.5) is 4.39 Å². The van der Waals surface area contributed by atoms with Gasteiger partial charge in [-0.3, -0.25) is 19.5 Å². The second-order valence-corrected chi connectivity index (χ2v) is 9.52. The van der Waals surface area contributed by atoms with Gasteiger partial charge in [-0.15, -0.1) is 0 Å². The summed E-state index contributed by atoms with van der Waals surface area (Å²) in [5.74, 6) is -1.69. The van der Waals surface area contributed by atoms with E-state index in [9.17, 15) is 22.4 Å². The van der Waals surface area contributed by atoms with Gasteiger partial charge in [-0.25, -0.2) is 17.5 Å². The van der Waals surface area contributed by atoms with Crippen LogP contribution in [0.1, 0.15) is 59.0 Å². The predicted octanol–water partition coefficient (Wildman–Crippen LogP) is 2.87. The SMILES string of the molecule is C[C@@H]1CCCC[C@@H]1NS(=O)(=O)c1cc(F)ccc1CN1C(=O)c2cccnc2C1=O. The number of pyridine rings is 1. The zero-order chi connectivity index (χ0) is 21.5. The lowest BCUT2D eigenvalue weighted by Crippen LogP contribution is -2.41. The van der Waals surface area contributed by atoms with E-state index in [1.807, 2.05) is 6.92 Å². The molecule has 2 atom stereocenters. The molecule has 9 heteroatoms. The first-order valence-electron chi connectivity index (χ1n) is 9.90. The van der Waals surface area contributed by atoms with E-state index in [2.05, 4.69) is 9.71 Å². The Morgan fingerprint density at radius 2 is 1.93 bits per heavy atom. The average molecular weight is 431 g/mol. The number of amides is 2. The summed E-state index contributed by atoms with van der Waals surface area (Å²) in [7, 11) is -4.04. The molecule has 30 heavy (non-hydrogen) atoms. The molecule has 1 aromatic heterocycles. The average Bonchev–Trinajstić information content (AvgIpc) is 2.96. The molecule has 0 bridgehead atoms. The standard InChI is InChI=1S/C21H22FN3O4S/c1-13-5-2-3-7-17(13)24-30(28,29)18-11-15(22)9-8-14(18)12-25-20(26)16-6-4-10-23-19(16)21(25)27/h4,6,8-11,13,17,24H,2-3,5,7,12H2,1H3/t13-,17+/m1/s1. The molecule has 4 rings (SSSR count). The molecule has 1 fully saturated rings. The summed E-state index contributed by atoms with van der Waals surface area (Å²) in [6.07, 6.45) is 5.03. The predicted molar refractivity (Wildman–Crippen MR) is 107 cm³/mol. The van der Waals surface area contributed by atoms with Crippen molar-refractivity contribution in [2.45, 2.75) is 50.1 Å². The Labute approximate surface area is 174 Å². The van der Waals surface area contributed by atoms with Crippen LogP contribution >= 0.6 is 0 Å². The Balaban J connectivity index is 1.65. The summed E-state index contributed by atoms with van der Waals surface area (Å²) in [4.78, 5) is 29.9. The summed E-state index contributed by atoms with van der Waals surface area (Å²) in [5.41, 5.74) is 0.369. The van der Waals surface area contributed by atoms with Gasteiger partial charge >= 0.3 is 0 Å². The van der Waals surface area contributed by atoms with E-state index < -0.39 is 27.7 Å². The van der Waals surface area contributed by atoms with Crippen LogP contribution in [-0.2, 0) is 16.6 Å². The number of benzene rings is 1. The van der Waals surface area contributed by atoms with Gasteiger partial charge in [0.15, 0.2) is 0 Å². The smallest absolute Gasteiger partial charge is 0.268 e. The lowest BCUT2D eigenvalue weighted by atomic mass is 9.87. The number of rotatable bonds is 5. The second kappa shape index (κ2) is 7.88. The van der Waals surface area contributed by atoms with Gasteiger partial charge < -0.3 is 0 Å². The molecule has 2 amide bonds. The number of nitrogens with one attached hydrogen (secondary N) is 1. The molecule has 1 aliphatic carbocycles. The number of aromatic nitrogens is 1. The van der Waals surface area contributed by atoms with E-state index in [4.69, 9.17) is 0 Å². The van der Waals surface area contributed by atoms with Crippen molar-refractivity contribution >= 4 is 21.8 Å². The van der Waals surface area contributed by atoms with E-state index in [1.54, 1.807) is 6.07 Å². The Kier molecular flexibility index (Phi) is 5.42. The van der Waals surface area contributed by atoms with Gasteiger partial charge in [0.25, 0.3) is 11.8 Å². The summed E-state index contributed by atoms with van der Waals surface area (Å²) < 4.78 is 42.9. The van der Waals surface area contributed by atoms with Crippen molar-refractivity contribution in [3.63, 3.8) is 0 Å². The van der Waals surface area contributed by atoms with Crippen LogP contribution in [0.5, 0.6) is 0 Å². The van der Waals surface area contributed by atoms with Crippen molar-refractivity contribution in [3.8, 4) is 0 Å². The number of hydrogen-bond acceptors (Lipinski definition) is 5. The van der Waals surface area contributed by atoms with Crippen molar-refractivity contribution < 1.29 is 22.4 Å². The van der Waals surface area contributed by atoms with E-state index in [1.165, 1.54) is 18.3 Å². The molecule has 1 aromatic carbocycles. The third kappa shape index (κ3) is 3.75. The first-order valence-corrected chi connectivity index (χ1v) is 11.4. The first-order chi connectivity index (χ1) is 14.3. The fraction of sp³-hybridized carbons (Fsp3) is 0.381. The monoisotopic (exact) mass is 431 g/mol. The Bertz CT molecular complexity index is 1080. The Morgan fingerprint density at radius 3 is 2.67 bits per heavy atom. The van der Waals surface area contributed by atoms with E-state index >= 15 is 0 Å². The molecule has 0 spiro atoms. The third-order valence-corrected chi connectivity index (χ3v) is 7.37. The lowest BCUT2D eigenvalue weighted by molar-refractivity contribution is 0.0639. The number of carbonyl (C=O) groups is 2. The van der Waals surface area contributed by atoms with Gasteiger partial charge in [0.05, 0.1) is 17.0 Å². The third-order valence-electron chi connectivity index (χ3n) is 5.80. The highest BCUT2D eigenvalue weighted by Gasteiger charge is 2.38. The maximum Gasteiger partial charge on any atom is 0.280 e. The number of sulfonamides is 1.